The molecule has 1 saturated heterocycles. The minimum atomic E-state index is -0.00897. The quantitative estimate of drug-likeness (QED) is 0.864. The Morgan fingerprint density at radius 3 is 1.92 bits per heavy atom. The van der Waals surface area contributed by atoms with Crippen LogP contribution in [-0.4, -0.2) is 54.9 Å². The monoisotopic (exact) mass is 338 g/mol. The van der Waals surface area contributed by atoms with Crippen molar-refractivity contribution in [3.8, 4) is 5.75 Å². The van der Waals surface area contributed by atoms with Crippen molar-refractivity contribution >= 4 is 11.8 Å². The highest BCUT2D eigenvalue weighted by Gasteiger charge is 2.25. The van der Waals surface area contributed by atoms with Gasteiger partial charge in [0.05, 0.1) is 7.11 Å². The molecular weight excluding hydrogens is 316 g/mol. The second kappa shape index (κ2) is 7.38. The van der Waals surface area contributed by atoms with Gasteiger partial charge in [0.15, 0.2) is 0 Å². The Labute approximate surface area is 147 Å². The third kappa shape index (κ3) is 3.82. The highest BCUT2D eigenvalue weighted by atomic mass is 16.5. The Balaban J connectivity index is 1.61. The van der Waals surface area contributed by atoms with E-state index in [0.29, 0.717) is 37.3 Å². The third-order valence-corrected chi connectivity index (χ3v) is 4.46. The molecular formula is C20H22N2O3. The average Bonchev–Trinajstić information content (AvgIpc) is 2.67. The summed E-state index contributed by atoms with van der Waals surface area (Å²) in [4.78, 5) is 28.8. The van der Waals surface area contributed by atoms with Crippen LogP contribution in [0.25, 0.3) is 0 Å². The molecule has 3 rings (SSSR count). The van der Waals surface area contributed by atoms with E-state index in [1.807, 2.05) is 36.1 Å². The van der Waals surface area contributed by atoms with Crippen LogP contribution in [0.3, 0.4) is 0 Å². The minimum absolute atomic E-state index is 0.00897. The summed E-state index contributed by atoms with van der Waals surface area (Å²) in [6.07, 6.45) is 0. The van der Waals surface area contributed by atoms with Gasteiger partial charge >= 0.3 is 0 Å². The molecule has 1 heterocycles. The summed E-state index contributed by atoms with van der Waals surface area (Å²) in [6, 6.07) is 14.7. The number of carbonyl (C=O) groups is 2. The molecule has 130 valence electrons. The lowest BCUT2D eigenvalue weighted by atomic mass is 10.1. The standard InChI is InChI=1S/C20H22N2O3/c1-15-4-3-5-17(14-15)20(24)22-12-10-21(11-13-22)19(23)16-6-8-18(25-2)9-7-16/h3-9,14H,10-13H2,1-2H3. The van der Waals surface area contributed by atoms with Gasteiger partial charge < -0.3 is 14.5 Å². The first-order valence-corrected chi connectivity index (χ1v) is 8.38. The van der Waals surface area contributed by atoms with Crippen molar-refractivity contribution in [3.63, 3.8) is 0 Å². The molecule has 0 saturated carbocycles. The molecule has 1 aliphatic heterocycles. The van der Waals surface area contributed by atoms with Crippen LogP contribution < -0.4 is 4.74 Å². The molecule has 5 heteroatoms. The van der Waals surface area contributed by atoms with Gasteiger partial charge in [-0.05, 0) is 43.3 Å². The van der Waals surface area contributed by atoms with Gasteiger partial charge in [0.2, 0.25) is 0 Å². The molecule has 0 atom stereocenters. The van der Waals surface area contributed by atoms with Crippen LogP contribution in [0.2, 0.25) is 0 Å². The van der Waals surface area contributed by atoms with Gasteiger partial charge in [-0.2, -0.15) is 0 Å². The van der Waals surface area contributed by atoms with Crippen molar-refractivity contribution in [1.82, 2.24) is 9.80 Å². The zero-order valence-corrected chi connectivity index (χ0v) is 14.6. The molecule has 0 bridgehead atoms. The number of benzene rings is 2. The Morgan fingerprint density at radius 1 is 0.840 bits per heavy atom. The summed E-state index contributed by atoms with van der Waals surface area (Å²) in [5.74, 6) is 0.746. The number of carbonyl (C=O) groups excluding carboxylic acids is 2. The van der Waals surface area contributed by atoms with Crippen molar-refractivity contribution < 1.29 is 14.3 Å². The van der Waals surface area contributed by atoms with E-state index in [9.17, 15) is 9.59 Å². The third-order valence-electron chi connectivity index (χ3n) is 4.46. The lowest BCUT2D eigenvalue weighted by Crippen LogP contribution is -2.50. The number of methoxy groups -OCH3 is 1. The van der Waals surface area contributed by atoms with E-state index < -0.39 is 0 Å². The Kier molecular flexibility index (Phi) is 5.03. The van der Waals surface area contributed by atoms with E-state index in [4.69, 9.17) is 4.74 Å². The van der Waals surface area contributed by atoms with Gasteiger partial charge in [0, 0.05) is 37.3 Å². The smallest absolute Gasteiger partial charge is 0.253 e. The number of piperazine rings is 1. The predicted octanol–water partition coefficient (Wildman–Crippen LogP) is 2.60. The molecule has 0 N–H and O–H groups in total. The second-order valence-electron chi connectivity index (χ2n) is 6.18. The fourth-order valence-corrected chi connectivity index (χ4v) is 2.99. The van der Waals surface area contributed by atoms with Gasteiger partial charge in [0.1, 0.15) is 5.75 Å². The topological polar surface area (TPSA) is 49.9 Å². The van der Waals surface area contributed by atoms with Gasteiger partial charge in [-0.15, -0.1) is 0 Å². The first-order chi connectivity index (χ1) is 12.1. The largest absolute Gasteiger partial charge is 0.497 e. The summed E-state index contributed by atoms with van der Waals surface area (Å²) in [5.41, 5.74) is 2.41. The fraction of sp³-hybridized carbons (Fsp3) is 0.300. The molecule has 0 spiro atoms. The van der Waals surface area contributed by atoms with Crippen LogP contribution >= 0.6 is 0 Å². The number of aryl methyl sites for hydroxylation is 1. The maximum Gasteiger partial charge on any atom is 0.253 e. The molecule has 2 aromatic carbocycles. The van der Waals surface area contributed by atoms with Crippen molar-refractivity contribution in [2.45, 2.75) is 6.92 Å². The molecule has 25 heavy (non-hydrogen) atoms. The van der Waals surface area contributed by atoms with E-state index >= 15 is 0 Å². The molecule has 0 unspecified atom stereocenters. The predicted molar refractivity (Wildman–Crippen MR) is 96.0 cm³/mol. The molecule has 1 fully saturated rings. The van der Waals surface area contributed by atoms with Crippen molar-refractivity contribution in [2.75, 3.05) is 33.3 Å². The first kappa shape index (κ1) is 17.0. The number of ether oxygens (including phenoxy) is 1. The highest BCUT2D eigenvalue weighted by molar-refractivity contribution is 5.96. The first-order valence-electron chi connectivity index (χ1n) is 8.38. The van der Waals surface area contributed by atoms with E-state index in [2.05, 4.69) is 0 Å². The van der Waals surface area contributed by atoms with Crippen LogP contribution in [0.1, 0.15) is 26.3 Å². The van der Waals surface area contributed by atoms with E-state index in [0.717, 1.165) is 11.3 Å². The Bertz CT molecular complexity index is 763. The average molecular weight is 338 g/mol. The van der Waals surface area contributed by atoms with Gasteiger partial charge in [-0.3, -0.25) is 9.59 Å². The SMILES string of the molecule is COc1ccc(C(=O)N2CCN(C(=O)c3cccc(C)c3)CC2)cc1. The number of amides is 2. The maximum atomic E-state index is 12.6. The van der Waals surface area contributed by atoms with Crippen LogP contribution in [-0.2, 0) is 0 Å². The summed E-state index contributed by atoms with van der Waals surface area (Å²) < 4.78 is 5.12. The van der Waals surface area contributed by atoms with Crippen molar-refractivity contribution in [1.29, 1.82) is 0 Å². The Hall–Kier alpha value is -2.82. The molecule has 1 aliphatic rings. The zero-order chi connectivity index (χ0) is 17.8. The van der Waals surface area contributed by atoms with Crippen LogP contribution in [0, 0.1) is 6.92 Å². The molecule has 0 aliphatic carbocycles. The highest BCUT2D eigenvalue weighted by Crippen LogP contribution is 2.15. The minimum Gasteiger partial charge on any atom is -0.497 e. The van der Waals surface area contributed by atoms with E-state index in [1.54, 1.807) is 36.3 Å². The van der Waals surface area contributed by atoms with Gasteiger partial charge in [-0.1, -0.05) is 17.7 Å². The number of hydrogen-bond acceptors (Lipinski definition) is 3. The fourth-order valence-electron chi connectivity index (χ4n) is 2.99. The number of rotatable bonds is 3. The molecule has 2 amide bonds. The summed E-state index contributed by atoms with van der Waals surface area (Å²) in [6.45, 7) is 4.16. The summed E-state index contributed by atoms with van der Waals surface area (Å²) in [5, 5.41) is 0. The normalized spacial score (nSPS) is 14.3. The van der Waals surface area contributed by atoms with Crippen LogP contribution in [0.4, 0.5) is 0 Å². The summed E-state index contributed by atoms with van der Waals surface area (Å²) >= 11 is 0. The van der Waals surface area contributed by atoms with Gasteiger partial charge in [-0.25, -0.2) is 0 Å². The van der Waals surface area contributed by atoms with Crippen LogP contribution in [0.5, 0.6) is 5.75 Å². The maximum absolute atomic E-state index is 12.6. The van der Waals surface area contributed by atoms with Crippen molar-refractivity contribution in [2.24, 2.45) is 0 Å². The Morgan fingerprint density at radius 2 is 1.40 bits per heavy atom. The molecule has 5 nitrogen and oxygen atoms in total. The number of nitrogens with zero attached hydrogens (tertiary/aromatic N) is 2. The molecule has 2 aromatic rings. The van der Waals surface area contributed by atoms with Crippen LogP contribution in [0.15, 0.2) is 48.5 Å². The van der Waals surface area contributed by atoms with Crippen molar-refractivity contribution in [3.05, 3.63) is 65.2 Å². The van der Waals surface area contributed by atoms with E-state index in [-0.39, 0.29) is 11.8 Å². The second-order valence-corrected chi connectivity index (χ2v) is 6.18. The molecule has 0 aromatic heterocycles. The lowest BCUT2D eigenvalue weighted by molar-refractivity contribution is 0.0535. The number of hydrogen-bond donors (Lipinski definition) is 0. The van der Waals surface area contributed by atoms with E-state index in [1.165, 1.54) is 0 Å². The zero-order valence-electron chi connectivity index (χ0n) is 14.6. The van der Waals surface area contributed by atoms with Gasteiger partial charge in [0.25, 0.3) is 11.8 Å². The lowest BCUT2D eigenvalue weighted by Gasteiger charge is -2.35. The molecule has 0 radical (unpaired) electrons. The summed E-state index contributed by atoms with van der Waals surface area (Å²) in [7, 11) is 1.60.